The normalized spacial score (nSPS) is 8.00. The Balaban J connectivity index is 0. The SMILES string of the molecule is Cl.N=C(NF)C(F)F. The Bertz CT molecular complexity index is 75.7. The average Bonchev–Trinajstić information content (AvgIpc) is 1.65. The molecule has 0 heterocycles. The van der Waals surface area contributed by atoms with E-state index in [4.69, 9.17) is 5.41 Å². The van der Waals surface area contributed by atoms with Crippen molar-refractivity contribution in [2.24, 2.45) is 0 Å². The lowest BCUT2D eigenvalue weighted by Gasteiger charge is -1.92. The van der Waals surface area contributed by atoms with Crippen molar-refractivity contribution >= 4 is 18.2 Å². The van der Waals surface area contributed by atoms with Crippen molar-refractivity contribution in [1.29, 1.82) is 5.41 Å². The van der Waals surface area contributed by atoms with Crippen molar-refractivity contribution in [2.75, 3.05) is 0 Å². The van der Waals surface area contributed by atoms with E-state index in [-0.39, 0.29) is 12.4 Å². The van der Waals surface area contributed by atoms with Gasteiger partial charge >= 0.3 is 0 Å². The molecule has 0 spiro atoms. The van der Waals surface area contributed by atoms with Crippen molar-refractivity contribution < 1.29 is 13.3 Å². The second-order valence-corrected chi connectivity index (χ2v) is 0.809. The van der Waals surface area contributed by atoms with Crippen LogP contribution in [-0.4, -0.2) is 12.3 Å². The minimum atomic E-state index is -3.04. The highest BCUT2D eigenvalue weighted by atomic mass is 35.5. The summed E-state index contributed by atoms with van der Waals surface area (Å²) in [7, 11) is 0. The average molecular weight is 149 g/mol. The molecule has 0 aliphatic rings. The molecule has 6 heteroatoms. The van der Waals surface area contributed by atoms with Crippen LogP contribution in [0.15, 0.2) is 0 Å². The lowest BCUT2D eigenvalue weighted by atomic mass is 10.7. The van der Waals surface area contributed by atoms with Gasteiger partial charge in [-0.3, -0.25) is 5.41 Å². The highest BCUT2D eigenvalue weighted by molar-refractivity contribution is 5.85. The Morgan fingerprint density at radius 2 is 1.88 bits per heavy atom. The molecule has 50 valence electrons. The van der Waals surface area contributed by atoms with Crippen LogP contribution in [0.25, 0.3) is 0 Å². The lowest BCUT2D eigenvalue weighted by molar-refractivity contribution is 0.209. The fraction of sp³-hybridized carbons (Fsp3) is 0.500. The molecule has 0 unspecified atom stereocenters. The number of halogens is 4. The van der Waals surface area contributed by atoms with Gasteiger partial charge in [0.1, 0.15) is 0 Å². The Kier molecular flexibility index (Phi) is 6.18. The van der Waals surface area contributed by atoms with Gasteiger partial charge in [-0.2, -0.15) is 0 Å². The third-order valence-electron chi connectivity index (χ3n) is 0.320. The molecule has 2 N–H and O–H groups in total. The first-order valence-electron chi connectivity index (χ1n) is 1.41. The second kappa shape index (κ2) is 4.70. The molecular weight excluding hydrogens is 144 g/mol. The van der Waals surface area contributed by atoms with Crippen molar-refractivity contribution in [3.05, 3.63) is 0 Å². The maximum absolute atomic E-state index is 10.9. The van der Waals surface area contributed by atoms with E-state index in [1.54, 1.807) is 0 Å². The van der Waals surface area contributed by atoms with Crippen LogP contribution in [-0.2, 0) is 0 Å². The first-order chi connectivity index (χ1) is 3.18. The Morgan fingerprint density at radius 3 is 1.88 bits per heavy atom. The number of rotatable bonds is 1. The third-order valence-corrected chi connectivity index (χ3v) is 0.320. The number of hydrogen-bond acceptors (Lipinski definition) is 1. The molecule has 0 aliphatic carbocycles. The van der Waals surface area contributed by atoms with Crippen LogP contribution in [0.4, 0.5) is 13.3 Å². The van der Waals surface area contributed by atoms with E-state index in [1.165, 1.54) is 0 Å². The van der Waals surface area contributed by atoms with Crippen LogP contribution in [0, 0.1) is 5.41 Å². The van der Waals surface area contributed by atoms with Gasteiger partial charge in [-0.15, -0.1) is 16.9 Å². The zero-order valence-electron chi connectivity index (χ0n) is 3.62. The van der Waals surface area contributed by atoms with E-state index >= 15 is 0 Å². The first kappa shape index (κ1) is 10.5. The summed E-state index contributed by atoms with van der Waals surface area (Å²) in [5, 5.41) is 5.96. The highest BCUT2D eigenvalue weighted by Crippen LogP contribution is 1.89. The Morgan fingerprint density at radius 1 is 1.50 bits per heavy atom. The van der Waals surface area contributed by atoms with Crippen molar-refractivity contribution in [3.63, 3.8) is 0 Å². The molecule has 0 atom stereocenters. The summed E-state index contributed by atoms with van der Waals surface area (Å²) in [6.45, 7) is 0. The van der Waals surface area contributed by atoms with Crippen molar-refractivity contribution in [3.8, 4) is 0 Å². The third kappa shape index (κ3) is 3.73. The van der Waals surface area contributed by atoms with E-state index in [1.807, 2.05) is 0 Å². The largest absolute Gasteiger partial charge is 0.296 e. The van der Waals surface area contributed by atoms with Gasteiger partial charge in [-0.25, -0.2) is 14.3 Å². The Labute approximate surface area is 49.9 Å². The number of hydrogen-bond donors (Lipinski definition) is 2. The van der Waals surface area contributed by atoms with Gasteiger partial charge < -0.3 is 0 Å². The predicted molar refractivity (Wildman–Crippen MR) is 25.2 cm³/mol. The minimum absolute atomic E-state index is 0. The molecule has 0 saturated heterocycles. The van der Waals surface area contributed by atoms with Gasteiger partial charge in [0.15, 0.2) is 5.84 Å². The standard InChI is InChI=1S/C2H3F3N2.ClH/c3-1(4)2(6)7-5;/h1H,(H2,6,7);1H. The summed E-state index contributed by atoms with van der Waals surface area (Å²) in [5.74, 6) is -1.40. The smallest absolute Gasteiger partial charge is 0.282 e. The van der Waals surface area contributed by atoms with E-state index in [0.717, 1.165) is 0 Å². The van der Waals surface area contributed by atoms with Gasteiger partial charge in [-0.1, -0.05) is 0 Å². The summed E-state index contributed by atoms with van der Waals surface area (Å²) in [6, 6.07) is 0. The van der Waals surface area contributed by atoms with Crippen LogP contribution < -0.4 is 5.54 Å². The van der Waals surface area contributed by atoms with Crippen LogP contribution in [0.2, 0.25) is 0 Å². The van der Waals surface area contributed by atoms with Crippen LogP contribution >= 0.6 is 12.4 Å². The summed E-state index contributed by atoms with van der Waals surface area (Å²) in [5.41, 5.74) is 0.498. The molecule has 0 rings (SSSR count). The predicted octanol–water partition coefficient (Wildman–Crippen LogP) is 1.12. The molecule has 0 fully saturated rings. The topological polar surface area (TPSA) is 35.9 Å². The van der Waals surface area contributed by atoms with E-state index in [9.17, 15) is 13.3 Å². The van der Waals surface area contributed by atoms with Gasteiger partial charge in [0.05, 0.1) is 0 Å². The van der Waals surface area contributed by atoms with Gasteiger partial charge in [0, 0.05) is 0 Å². The van der Waals surface area contributed by atoms with Gasteiger partial charge in [0.2, 0.25) is 0 Å². The summed E-state index contributed by atoms with van der Waals surface area (Å²) in [4.78, 5) is 0. The maximum Gasteiger partial charge on any atom is 0.296 e. The van der Waals surface area contributed by atoms with Crippen molar-refractivity contribution in [1.82, 2.24) is 5.54 Å². The summed E-state index contributed by atoms with van der Waals surface area (Å²) < 4.78 is 32.5. The van der Waals surface area contributed by atoms with Crippen LogP contribution in [0.3, 0.4) is 0 Å². The molecular formula is C2H4ClF3N2. The first-order valence-corrected chi connectivity index (χ1v) is 1.41. The lowest BCUT2D eigenvalue weighted by Crippen LogP contribution is -2.20. The monoisotopic (exact) mass is 148 g/mol. The molecule has 0 aromatic rings. The maximum atomic E-state index is 10.9. The van der Waals surface area contributed by atoms with Gasteiger partial charge in [-0.05, 0) is 0 Å². The molecule has 0 amide bonds. The second-order valence-electron chi connectivity index (χ2n) is 0.809. The zero-order valence-corrected chi connectivity index (χ0v) is 4.44. The number of alkyl halides is 2. The fourth-order valence-electron chi connectivity index (χ4n) is 0.0412. The summed E-state index contributed by atoms with van der Waals surface area (Å²) in [6.07, 6.45) is -3.04. The minimum Gasteiger partial charge on any atom is -0.282 e. The van der Waals surface area contributed by atoms with Crippen LogP contribution in [0.5, 0.6) is 0 Å². The van der Waals surface area contributed by atoms with Crippen LogP contribution in [0.1, 0.15) is 0 Å². The molecule has 8 heavy (non-hydrogen) atoms. The molecule has 0 bridgehead atoms. The molecule has 0 radical (unpaired) electrons. The molecule has 0 aliphatic heterocycles. The summed E-state index contributed by atoms with van der Waals surface area (Å²) >= 11 is 0. The quantitative estimate of drug-likeness (QED) is 0.326. The zero-order chi connectivity index (χ0) is 5.86. The fourth-order valence-corrected chi connectivity index (χ4v) is 0.0412. The highest BCUT2D eigenvalue weighted by Gasteiger charge is 2.07. The molecule has 0 saturated carbocycles. The number of amidine groups is 1. The number of nitrogens with one attached hydrogen (secondary N) is 2. The van der Waals surface area contributed by atoms with Gasteiger partial charge in [0.25, 0.3) is 6.43 Å². The molecule has 2 nitrogen and oxygen atoms in total. The van der Waals surface area contributed by atoms with Crippen molar-refractivity contribution in [2.45, 2.75) is 6.43 Å². The Hall–Kier alpha value is -0.450. The molecule has 0 aromatic heterocycles. The van der Waals surface area contributed by atoms with E-state index in [0.29, 0.717) is 5.54 Å². The van der Waals surface area contributed by atoms with E-state index < -0.39 is 12.3 Å². The van der Waals surface area contributed by atoms with E-state index in [2.05, 4.69) is 0 Å². The molecule has 0 aromatic carbocycles.